The highest BCUT2D eigenvalue weighted by molar-refractivity contribution is 7.09. The molecule has 1 amide bonds. The van der Waals surface area contributed by atoms with Crippen LogP contribution < -0.4 is 0 Å². The second kappa shape index (κ2) is 8.43. The monoisotopic (exact) mass is 449 g/mol. The van der Waals surface area contributed by atoms with Crippen LogP contribution in [-0.4, -0.2) is 56.7 Å². The smallest absolute Gasteiger partial charge is 0.336 e. The Morgan fingerprint density at radius 1 is 1.13 bits per heavy atom. The van der Waals surface area contributed by atoms with E-state index in [0.29, 0.717) is 44.0 Å². The van der Waals surface area contributed by atoms with Crippen molar-refractivity contribution in [2.24, 2.45) is 0 Å². The van der Waals surface area contributed by atoms with Crippen LogP contribution in [-0.2, 0) is 12.7 Å². The molecule has 10 heteroatoms. The molecule has 0 aliphatic carbocycles. The van der Waals surface area contributed by atoms with E-state index in [4.69, 9.17) is 0 Å². The lowest BCUT2D eigenvalue weighted by Gasteiger charge is -2.34. The number of rotatable bonds is 4. The molecule has 0 N–H and O–H groups in total. The average molecular weight is 450 g/mol. The van der Waals surface area contributed by atoms with Gasteiger partial charge in [0.2, 0.25) is 0 Å². The number of piperazine rings is 1. The third-order valence-electron chi connectivity index (χ3n) is 5.32. The molecule has 6 nitrogen and oxygen atoms in total. The molecule has 1 fully saturated rings. The number of alkyl halides is 3. The van der Waals surface area contributed by atoms with Gasteiger partial charge in [-0.15, -0.1) is 11.3 Å². The van der Waals surface area contributed by atoms with Crippen molar-refractivity contribution in [1.29, 1.82) is 0 Å². The number of hydrogen-bond acceptors (Lipinski definition) is 5. The summed E-state index contributed by atoms with van der Waals surface area (Å²) in [4.78, 5) is 21.1. The van der Waals surface area contributed by atoms with Gasteiger partial charge in [-0.05, 0) is 25.5 Å². The quantitative estimate of drug-likeness (QED) is 0.606. The van der Waals surface area contributed by atoms with Gasteiger partial charge in [-0.1, -0.05) is 18.2 Å². The zero-order valence-electron chi connectivity index (χ0n) is 17.2. The molecule has 1 saturated heterocycles. The minimum absolute atomic E-state index is 0.303. The molecule has 0 spiro atoms. The molecule has 0 radical (unpaired) electrons. The van der Waals surface area contributed by atoms with Crippen LogP contribution in [0, 0.1) is 13.8 Å². The Morgan fingerprint density at radius 2 is 1.84 bits per heavy atom. The summed E-state index contributed by atoms with van der Waals surface area (Å²) in [6.45, 7) is 6.20. The molecule has 0 bridgehead atoms. The van der Waals surface area contributed by atoms with E-state index in [2.05, 4.69) is 15.0 Å². The van der Waals surface area contributed by atoms with Gasteiger partial charge in [0, 0.05) is 38.1 Å². The first-order valence-corrected chi connectivity index (χ1v) is 10.8. The Hall–Kier alpha value is -2.72. The summed E-state index contributed by atoms with van der Waals surface area (Å²) in [7, 11) is 0. The van der Waals surface area contributed by atoms with E-state index < -0.39 is 23.3 Å². The fraction of sp³-hybridized carbons (Fsp3) is 0.381. The lowest BCUT2D eigenvalue weighted by atomic mass is 10.1. The Balaban J connectivity index is 1.53. The first kappa shape index (κ1) is 21.5. The number of aryl methyl sites for hydroxylation is 2. The van der Waals surface area contributed by atoms with Gasteiger partial charge >= 0.3 is 6.18 Å². The van der Waals surface area contributed by atoms with Crippen molar-refractivity contribution >= 4 is 17.2 Å². The van der Waals surface area contributed by atoms with Crippen LogP contribution in [0.5, 0.6) is 0 Å². The zero-order chi connectivity index (χ0) is 22.2. The molecule has 31 heavy (non-hydrogen) atoms. The fourth-order valence-electron chi connectivity index (χ4n) is 3.75. The Bertz CT molecular complexity index is 1080. The van der Waals surface area contributed by atoms with Crippen molar-refractivity contribution in [3.63, 3.8) is 0 Å². The van der Waals surface area contributed by atoms with E-state index in [-0.39, 0.29) is 0 Å². The normalized spacial score (nSPS) is 15.5. The molecule has 3 aromatic rings. The van der Waals surface area contributed by atoms with Crippen LogP contribution in [0.25, 0.3) is 5.69 Å². The van der Waals surface area contributed by atoms with E-state index in [0.717, 1.165) is 21.6 Å². The van der Waals surface area contributed by atoms with E-state index in [1.54, 1.807) is 42.5 Å². The van der Waals surface area contributed by atoms with Gasteiger partial charge in [0.05, 0.1) is 28.1 Å². The number of carbonyl (C=O) groups is 1. The number of para-hydroxylation sites is 1. The Morgan fingerprint density at radius 3 is 2.45 bits per heavy atom. The first-order valence-electron chi connectivity index (χ1n) is 9.88. The van der Waals surface area contributed by atoms with Crippen LogP contribution in [0.2, 0.25) is 0 Å². The number of aromatic nitrogens is 3. The molecule has 0 unspecified atom stereocenters. The van der Waals surface area contributed by atoms with Crippen molar-refractivity contribution in [1.82, 2.24) is 24.6 Å². The zero-order valence-corrected chi connectivity index (χ0v) is 18.0. The number of benzene rings is 1. The Labute approximate surface area is 181 Å². The van der Waals surface area contributed by atoms with Crippen LogP contribution in [0.15, 0.2) is 35.8 Å². The minimum Gasteiger partial charge on any atom is -0.336 e. The molecule has 164 valence electrons. The number of nitrogens with zero attached hydrogens (tertiary/aromatic N) is 5. The second-order valence-electron chi connectivity index (χ2n) is 7.53. The standard InChI is InChI=1S/C21H22F3N5OS/c1-14-5-3-4-6-18(14)29-19(21(22,23)24)17(11-25-29)20(30)28-9-7-27(8-10-28)12-16-13-31-15(2)26-16/h3-6,11,13H,7-10,12H2,1-2H3. The minimum atomic E-state index is -4.71. The number of halogens is 3. The Kier molecular flexibility index (Phi) is 5.85. The molecule has 2 aromatic heterocycles. The van der Waals surface area contributed by atoms with Crippen LogP contribution in [0.4, 0.5) is 13.2 Å². The van der Waals surface area contributed by atoms with Gasteiger partial charge in [0.25, 0.3) is 5.91 Å². The van der Waals surface area contributed by atoms with Gasteiger partial charge in [-0.3, -0.25) is 9.69 Å². The molecule has 0 saturated carbocycles. The summed E-state index contributed by atoms with van der Waals surface area (Å²) >= 11 is 1.58. The highest BCUT2D eigenvalue weighted by Gasteiger charge is 2.42. The predicted molar refractivity (Wildman–Crippen MR) is 111 cm³/mol. The summed E-state index contributed by atoms with van der Waals surface area (Å²) in [5, 5.41) is 6.93. The maximum Gasteiger partial charge on any atom is 0.434 e. The van der Waals surface area contributed by atoms with Crippen molar-refractivity contribution in [2.45, 2.75) is 26.6 Å². The summed E-state index contributed by atoms with van der Waals surface area (Å²) in [6, 6.07) is 6.66. The van der Waals surface area contributed by atoms with Crippen LogP contribution in [0.3, 0.4) is 0 Å². The van der Waals surface area contributed by atoms with E-state index >= 15 is 0 Å². The lowest BCUT2D eigenvalue weighted by Crippen LogP contribution is -2.48. The fourth-order valence-corrected chi connectivity index (χ4v) is 4.35. The van der Waals surface area contributed by atoms with E-state index in [1.807, 2.05) is 12.3 Å². The van der Waals surface area contributed by atoms with Crippen LogP contribution >= 0.6 is 11.3 Å². The number of amides is 1. The van der Waals surface area contributed by atoms with Gasteiger partial charge < -0.3 is 4.90 Å². The van der Waals surface area contributed by atoms with Crippen molar-refractivity contribution in [2.75, 3.05) is 26.2 Å². The maximum atomic E-state index is 13.9. The van der Waals surface area contributed by atoms with Gasteiger partial charge in [0.15, 0.2) is 5.69 Å². The van der Waals surface area contributed by atoms with Gasteiger partial charge in [0.1, 0.15) is 0 Å². The largest absolute Gasteiger partial charge is 0.434 e. The van der Waals surface area contributed by atoms with E-state index in [9.17, 15) is 18.0 Å². The molecular formula is C21H22F3N5OS. The molecule has 1 aliphatic rings. The molecule has 4 rings (SSSR count). The number of carbonyl (C=O) groups excluding carboxylic acids is 1. The third-order valence-corrected chi connectivity index (χ3v) is 6.15. The second-order valence-corrected chi connectivity index (χ2v) is 8.59. The number of thiazole rings is 1. The molecular weight excluding hydrogens is 427 g/mol. The SMILES string of the molecule is Cc1nc(CN2CCN(C(=O)c3cnn(-c4ccccc4C)c3C(F)(F)F)CC2)cs1. The van der Waals surface area contributed by atoms with Gasteiger partial charge in [-0.25, -0.2) is 9.67 Å². The van der Waals surface area contributed by atoms with Crippen molar-refractivity contribution < 1.29 is 18.0 Å². The topological polar surface area (TPSA) is 54.3 Å². The molecule has 1 aromatic carbocycles. The van der Waals surface area contributed by atoms with Gasteiger partial charge in [-0.2, -0.15) is 18.3 Å². The van der Waals surface area contributed by atoms with Crippen molar-refractivity contribution in [3.05, 3.63) is 63.4 Å². The molecule has 0 atom stereocenters. The lowest BCUT2D eigenvalue weighted by molar-refractivity contribution is -0.143. The number of hydrogen-bond donors (Lipinski definition) is 0. The van der Waals surface area contributed by atoms with E-state index in [1.165, 1.54) is 4.90 Å². The average Bonchev–Trinajstić information content (AvgIpc) is 3.34. The third kappa shape index (κ3) is 4.49. The molecule has 3 heterocycles. The van der Waals surface area contributed by atoms with Crippen molar-refractivity contribution in [3.8, 4) is 5.69 Å². The summed E-state index contributed by atoms with van der Waals surface area (Å²) < 4.78 is 42.7. The maximum absolute atomic E-state index is 13.9. The summed E-state index contributed by atoms with van der Waals surface area (Å²) in [5.41, 5.74) is 0.464. The molecule has 1 aliphatic heterocycles. The highest BCUT2D eigenvalue weighted by atomic mass is 32.1. The first-order chi connectivity index (χ1) is 14.7. The van der Waals surface area contributed by atoms with Crippen LogP contribution in [0.1, 0.15) is 32.3 Å². The summed E-state index contributed by atoms with van der Waals surface area (Å²) in [6.07, 6.45) is -3.68. The predicted octanol–water partition coefficient (Wildman–Crippen LogP) is 3.92. The highest BCUT2D eigenvalue weighted by Crippen LogP contribution is 2.35. The summed E-state index contributed by atoms with van der Waals surface area (Å²) in [5.74, 6) is -0.642.